The second kappa shape index (κ2) is 5.76. The SMILES string of the molecule is O=[N+]([O-])c1ccc(C2OCCC3c4ccccc4CCN32)cc1. The Hall–Kier alpha value is -2.24. The molecule has 2 aliphatic heterocycles. The van der Waals surface area contributed by atoms with Gasteiger partial charge in [-0.25, -0.2) is 0 Å². The third-order valence-electron chi connectivity index (χ3n) is 4.81. The minimum Gasteiger partial charge on any atom is -0.359 e. The summed E-state index contributed by atoms with van der Waals surface area (Å²) >= 11 is 0. The van der Waals surface area contributed by atoms with E-state index in [1.54, 1.807) is 12.1 Å². The van der Waals surface area contributed by atoms with Crippen molar-refractivity contribution in [2.75, 3.05) is 13.2 Å². The summed E-state index contributed by atoms with van der Waals surface area (Å²) in [6.45, 7) is 1.65. The number of nitro benzene ring substituents is 1. The van der Waals surface area contributed by atoms with Crippen molar-refractivity contribution < 1.29 is 9.66 Å². The normalized spacial score (nSPS) is 23.8. The molecule has 1 saturated heterocycles. The summed E-state index contributed by atoms with van der Waals surface area (Å²) < 4.78 is 6.00. The number of ether oxygens (including phenoxy) is 1. The molecule has 0 radical (unpaired) electrons. The lowest BCUT2D eigenvalue weighted by molar-refractivity contribution is -0.384. The smallest absolute Gasteiger partial charge is 0.269 e. The first kappa shape index (κ1) is 14.4. The average molecular weight is 310 g/mol. The van der Waals surface area contributed by atoms with Crippen LogP contribution in [0.5, 0.6) is 0 Å². The van der Waals surface area contributed by atoms with E-state index in [1.807, 2.05) is 12.1 Å². The Morgan fingerprint density at radius 1 is 1.13 bits per heavy atom. The molecule has 2 atom stereocenters. The topological polar surface area (TPSA) is 55.6 Å². The summed E-state index contributed by atoms with van der Waals surface area (Å²) in [4.78, 5) is 12.8. The molecule has 2 aromatic rings. The minimum atomic E-state index is -0.370. The fraction of sp³-hybridized carbons (Fsp3) is 0.333. The Labute approximate surface area is 134 Å². The first-order valence-corrected chi connectivity index (χ1v) is 7.93. The van der Waals surface area contributed by atoms with Crippen LogP contribution in [0.15, 0.2) is 48.5 Å². The van der Waals surface area contributed by atoms with Gasteiger partial charge in [0, 0.05) is 24.7 Å². The van der Waals surface area contributed by atoms with Crippen LogP contribution in [0.3, 0.4) is 0 Å². The monoisotopic (exact) mass is 310 g/mol. The number of nitro groups is 1. The van der Waals surface area contributed by atoms with Gasteiger partial charge < -0.3 is 4.74 Å². The van der Waals surface area contributed by atoms with E-state index in [2.05, 4.69) is 29.2 Å². The zero-order chi connectivity index (χ0) is 15.8. The lowest BCUT2D eigenvalue weighted by Gasteiger charge is -2.45. The van der Waals surface area contributed by atoms with E-state index in [9.17, 15) is 10.1 Å². The maximum atomic E-state index is 10.8. The lowest BCUT2D eigenvalue weighted by atomic mass is 9.89. The highest BCUT2D eigenvalue weighted by Gasteiger charge is 2.36. The predicted octanol–water partition coefficient (Wildman–Crippen LogP) is 3.61. The van der Waals surface area contributed by atoms with Crippen LogP contribution in [0.2, 0.25) is 0 Å². The molecule has 0 aliphatic carbocycles. The van der Waals surface area contributed by atoms with Gasteiger partial charge in [0.15, 0.2) is 0 Å². The third-order valence-corrected chi connectivity index (χ3v) is 4.81. The maximum absolute atomic E-state index is 10.8. The van der Waals surface area contributed by atoms with E-state index in [0.717, 1.165) is 24.9 Å². The summed E-state index contributed by atoms with van der Waals surface area (Å²) in [6.07, 6.45) is 1.88. The number of fused-ring (bicyclic) bond motifs is 3. The number of hydrogen-bond donors (Lipinski definition) is 0. The molecule has 2 unspecified atom stereocenters. The van der Waals surface area contributed by atoms with Crippen LogP contribution in [-0.2, 0) is 11.2 Å². The van der Waals surface area contributed by atoms with Gasteiger partial charge in [0.1, 0.15) is 6.23 Å². The summed E-state index contributed by atoms with van der Waals surface area (Å²) in [6, 6.07) is 15.7. The molecule has 2 aliphatic rings. The van der Waals surface area contributed by atoms with Gasteiger partial charge in [-0.1, -0.05) is 24.3 Å². The molecule has 2 heterocycles. The van der Waals surface area contributed by atoms with Gasteiger partial charge in [-0.05, 0) is 41.7 Å². The van der Waals surface area contributed by atoms with Crippen LogP contribution in [0, 0.1) is 10.1 Å². The van der Waals surface area contributed by atoms with Crippen LogP contribution in [0.25, 0.3) is 0 Å². The van der Waals surface area contributed by atoms with Crippen molar-refractivity contribution >= 4 is 5.69 Å². The Kier molecular flexibility index (Phi) is 3.59. The van der Waals surface area contributed by atoms with E-state index >= 15 is 0 Å². The number of hydrogen-bond acceptors (Lipinski definition) is 4. The van der Waals surface area contributed by atoms with Gasteiger partial charge in [-0.15, -0.1) is 0 Å². The molecule has 2 aromatic carbocycles. The Balaban J connectivity index is 1.65. The molecular formula is C18H18N2O3. The summed E-state index contributed by atoms with van der Waals surface area (Å²) in [5.41, 5.74) is 3.93. The first-order chi connectivity index (χ1) is 11.2. The molecule has 0 saturated carbocycles. The van der Waals surface area contributed by atoms with Gasteiger partial charge in [0.05, 0.1) is 11.5 Å². The molecule has 0 bridgehead atoms. The highest BCUT2D eigenvalue weighted by atomic mass is 16.6. The molecule has 0 spiro atoms. The number of non-ortho nitro benzene ring substituents is 1. The quantitative estimate of drug-likeness (QED) is 0.628. The Morgan fingerprint density at radius 3 is 2.70 bits per heavy atom. The predicted molar refractivity (Wildman–Crippen MR) is 86.0 cm³/mol. The summed E-state index contributed by atoms with van der Waals surface area (Å²) in [5.74, 6) is 0. The fourth-order valence-electron chi connectivity index (χ4n) is 3.71. The average Bonchev–Trinajstić information content (AvgIpc) is 2.61. The molecular weight excluding hydrogens is 292 g/mol. The van der Waals surface area contributed by atoms with E-state index in [0.29, 0.717) is 12.6 Å². The van der Waals surface area contributed by atoms with Gasteiger partial charge in [0.25, 0.3) is 5.69 Å². The van der Waals surface area contributed by atoms with Crippen molar-refractivity contribution in [3.63, 3.8) is 0 Å². The zero-order valence-electron chi connectivity index (χ0n) is 12.7. The first-order valence-electron chi connectivity index (χ1n) is 7.93. The van der Waals surface area contributed by atoms with Crippen LogP contribution < -0.4 is 0 Å². The largest absolute Gasteiger partial charge is 0.359 e. The van der Waals surface area contributed by atoms with Gasteiger partial charge in [-0.2, -0.15) is 0 Å². The Morgan fingerprint density at radius 2 is 1.91 bits per heavy atom. The molecule has 0 aromatic heterocycles. The second-order valence-electron chi connectivity index (χ2n) is 6.06. The molecule has 5 nitrogen and oxygen atoms in total. The van der Waals surface area contributed by atoms with Gasteiger partial charge in [-0.3, -0.25) is 15.0 Å². The molecule has 23 heavy (non-hydrogen) atoms. The van der Waals surface area contributed by atoms with Crippen LogP contribution in [-0.4, -0.2) is 23.0 Å². The third kappa shape index (κ3) is 2.52. The fourth-order valence-corrected chi connectivity index (χ4v) is 3.71. The van der Waals surface area contributed by atoms with Crippen molar-refractivity contribution in [2.45, 2.75) is 25.1 Å². The summed E-state index contributed by atoms with van der Waals surface area (Å²) in [5, 5.41) is 10.8. The highest BCUT2D eigenvalue weighted by molar-refractivity contribution is 5.36. The lowest BCUT2D eigenvalue weighted by Crippen LogP contribution is -2.43. The van der Waals surface area contributed by atoms with Gasteiger partial charge in [0.2, 0.25) is 0 Å². The standard InChI is InChI=1S/C18H18N2O3/c21-20(22)15-7-5-14(6-8-15)18-19-11-9-13-3-1-2-4-16(13)17(19)10-12-23-18/h1-8,17-18H,9-12H2. The highest BCUT2D eigenvalue weighted by Crippen LogP contribution is 2.41. The maximum Gasteiger partial charge on any atom is 0.269 e. The van der Waals surface area contributed by atoms with Crippen LogP contribution >= 0.6 is 0 Å². The number of nitrogens with zero attached hydrogens (tertiary/aromatic N) is 2. The van der Waals surface area contributed by atoms with E-state index in [1.165, 1.54) is 11.1 Å². The molecule has 5 heteroatoms. The van der Waals surface area contributed by atoms with Crippen LogP contribution in [0.1, 0.15) is 35.4 Å². The molecule has 1 fully saturated rings. The Bertz CT molecular complexity index is 729. The van der Waals surface area contributed by atoms with E-state index < -0.39 is 0 Å². The molecule has 118 valence electrons. The van der Waals surface area contributed by atoms with Crippen LogP contribution in [0.4, 0.5) is 5.69 Å². The summed E-state index contributed by atoms with van der Waals surface area (Å²) in [7, 11) is 0. The minimum absolute atomic E-state index is 0.116. The van der Waals surface area contributed by atoms with Crippen molar-refractivity contribution in [1.82, 2.24) is 4.90 Å². The number of benzene rings is 2. The van der Waals surface area contributed by atoms with E-state index in [-0.39, 0.29) is 16.8 Å². The van der Waals surface area contributed by atoms with Crippen molar-refractivity contribution in [3.8, 4) is 0 Å². The zero-order valence-corrected chi connectivity index (χ0v) is 12.7. The molecule has 0 amide bonds. The van der Waals surface area contributed by atoms with Crippen molar-refractivity contribution in [1.29, 1.82) is 0 Å². The van der Waals surface area contributed by atoms with E-state index in [4.69, 9.17) is 4.74 Å². The second-order valence-corrected chi connectivity index (χ2v) is 6.06. The van der Waals surface area contributed by atoms with Crippen molar-refractivity contribution in [3.05, 3.63) is 75.3 Å². The van der Waals surface area contributed by atoms with Gasteiger partial charge >= 0.3 is 0 Å². The number of rotatable bonds is 2. The molecule has 0 N–H and O–H groups in total. The van der Waals surface area contributed by atoms with Crippen molar-refractivity contribution in [2.24, 2.45) is 0 Å². The molecule has 4 rings (SSSR count).